The lowest BCUT2D eigenvalue weighted by Crippen LogP contribution is -2.16. The van der Waals surface area contributed by atoms with E-state index in [0.717, 1.165) is 30.4 Å². The highest BCUT2D eigenvalue weighted by atomic mass is 35.5. The van der Waals surface area contributed by atoms with Gasteiger partial charge in [0, 0.05) is 18.1 Å². The number of hydrogen-bond acceptors (Lipinski definition) is 2. The molecule has 1 aliphatic rings. The van der Waals surface area contributed by atoms with E-state index in [1.807, 2.05) is 25.1 Å². The number of rotatable bonds is 5. The maximum absolute atomic E-state index is 5.79. The summed E-state index contributed by atoms with van der Waals surface area (Å²) < 4.78 is 0. The second-order valence-corrected chi connectivity index (χ2v) is 4.83. The maximum Gasteiger partial charge on any atom is 0.126 e. The molecule has 1 aliphatic carbocycles. The summed E-state index contributed by atoms with van der Waals surface area (Å²) in [5.41, 5.74) is 1.52. The highest BCUT2D eigenvalue weighted by Crippen LogP contribution is 2.48. The summed E-state index contributed by atoms with van der Waals surface area (Å²) in [6.45, 7) is 3.02. The SMILES string of the molecule is Cc1cccc(NCC2(CCCl)CC2)n1. The molecule has 1 saturated carbocycles. The molecule has 1 aromatic rings. The van der Waals surface area contributed by atoms with Gasteiger partial charge in [-0.05, 0) is 43.7 Å². The van der Waals surface area contributed by atoms with E-state index in [9.17, 15) is 0 Å². The summed E-state index contributed by atoms with van der Waals surface area (Å²) in [6, 6.07) is 6.06. The van der Waals surface area contributed by atoms with Gasteiger partial charge in [0.15, 0.2) is 0 Å². The molecule has 1 aromatic heterocycles. The number of hydrogen-bond donors (Lipinski definition) is 1. The van der Waals surface area contributed by atoms with Crippen LogP contribution < -0.4 is 5.32 Å². The van der Waals surface area contributed by atoms with E-state index in [0.29, 0.717) is 5.41 Å². The van der Waals surface area contributed by atoms with Gasteiger partial charge in [-0.2, -0.15) is 0 Å². The summed E-state index contributed by atoms with van der Waals surface area (Å²) in [4.78, 5) is 4.42. The van der Waals surface area contributed by atoms with E-state index < -0.39 is 0 Å². The predicted octanol–water partition coefficient (Wildman–Crippen LogP) is 3.21. The van der Waals surface area contributed by atoms with Crippen LogP contribution in [-0.2, 0) is 0 Å². The molecule has 1 fully saturated rings. The molecule has 0 aromatic carbocycles. The van der Waals surface area contributed by atoms with Crippen LogP contribution in [0.1, 0.15) is 25.0 Å². The van der Waals surface area contributed by atoms with Crippen molar-refractivity contribution in [1.29, 1.82) is 0 Å². The van der Waals surface area contributed by atoms with Gasteiger partial charge in [-0.3, -0.25) is 0 Å². The fraction of sp³-hybridized carbons (Fsp3) is 0.583. The molecule has 82 valence electrons. The van der Waals surface area contributed by atoms with Gasteiger partial charge in [-0.1, -0.05) is 6.07 Å². The topological polar surface area (TPSA) is 24.9 Å². The van der Waals surface area contributed by atoms with Crippen LogP contribution in [0.25, 0.3) is 0 Å². The number of aryl methyl sites for hydroxylation is 1. The lowest BCUT2D eigenvalue weighted by molar-refractivity contribution is 0.524. The van der Waals surface area contributed by atoms with Crippen molar-refractivity contribution in [2.45, 2.75) is 26.2 Å². The van der Waals surface area contributed by atoms with Gasteiger partial charge in [0.25, 0.3) is 0 Å². The molecule has 2 nitrogen and oxygen atoms in total. The fourth-order valence-electron chi connectivity index (χ4n) is 1.81. The first-order chi connectivity index (χ1) is 7.24. The number of nitrogens with zero attached hydrogens (tertiary/aromatic N) is 1. The van der Waals surface area contributed by atoms with Crippen molar-refractivity contribution < 1.29 is 0 Å². The molecule has 0 aliphatic heterocycles. The van der Waals surface area contributed by atoms with Crippen molar-refractivity contribution in [3.8, 4) is 0 Å². The quantitative estimate of drug-likeness (QED) is 0.777. The smallest absolute Gasteiger partial charge is 0.126 e. The second-order valence-electron chi connectivity index (χ2n) is 4.46. The van der Waals surface area contributed by atoms with Crippen LogP contribution in [-0.4, -0.2) is 17.4 Å². The van der Waals surface area contributed by atoms with E-state index in [1.165, 1.54) is 12.8 Å². The lowest BCUT2D eigenvalue weighted by Gasteiger charge is -2.14. The predicted molar refractivity (Wildman–Crippen MR) is 64.5 cm³/mol. The Morgan fingerprint density at radius 2 is 2.27 bits per heavy atom. The van der Waals surface area contributed by atoms with Crippen LogP contribution in [0.15, 0.2) is 18.2 Å². The van der Waals surface area contributed by atoms with E-state index in [-0.39, 0.29) is 0 Å². The third kappa shape index (κ3) is 2.85. The number of alkyl halides is 1. The van der Waals surface area contributed by atoms with Crippen molar-refractivity contribution in [2.75, 3.05) is 17.7 Å². The minimum atomic E-state index is 0.465. The molecule has 0 amide bonds. The van der Waals surface area contributed by atoms with E-state index in [2.05, 4.69) is 10.3 Å². The Hall–Kier alpha value is -0.760. The number of aromatic nitrogens is 1. The molecule has 0 radical (unpaired) electrons. The number of nitrogens with one attached hydrogen (secondary N) is 1. The zero-order valence-electron chi connectivity index (χ0n) is 9.09. The van der Waals surface area contributed by atoms with Crippen molar-refractivity contribution >= 4 is 17.4 Å². The molecular weight excluding hydrogens is 208 g/mol. The Morgan fingerprint density at radius 1 is 1.47 bits per heavy atom. The molecule has 0 unspecified atom stereocenters. The third-order valence-corrected chi connectivity index (χ3v) is 3.30. The molecule has 0 spiro atoms. The van der Waals surface area contributed by atoms with Crippen LogP contribution in [0.4, 0.5) is 5.82 Å². The Balaban J connectivity index is 1.88. The zero-order valence-corrected chi connectivity index (χ0v) is 9.85. The summed E-state index contributed by atoms with van der Waals surface area (Å²) in [5.74, 6) is 1.75. The third-order valence-electron chi connectivity index (χ3n) is 3.11. The molecule has 3 heteroatoms. The minimum Gasteiger partial charge on any atom is -0.370 e. The zero-order chi connectivity index (χ0) is 10.7. The molecule has 0 saturated heterocycles. The first-order valence-corrected chi connectivity index (χ1v) is 6.01. The van der Waals surface area contributed by atoms with Crippen molar-refractivity contribution in [2.24, 2.45) is 5.41 Å². The molecule has 1 heterocycles. The fourth-order valence-corrected chi connectivity index (χ4v) is 2.21. The first-order valence-electron chi connectivity index (χ1n) is 5.48. The number of pyridine rings is 1. The molecule has 2 rings (SSSR count). The molecule has 0 bridgehead atoms. The molecule has 15 heavy (non-hydrogen) atoms. The maximum atomic E-state index is 5.79. The molecule has 0 atom stereocenters. The van der Waals surface area contributed by atoms with Crippen LogP contribution in [0, 0.1) is 12.3 Å². The summed E-state index contributed by atoms with van der Waals surface area (Å²) in [7, 11) is 0. The Morgan fingerprint density at radius 3 is 2.87 bits per heavy atom. The van der Waals surface area contributed by atoms with E-state index >= 15 is 0 Å². The monoisotopic (exact) mass is 224 g/mol. The van der Waals surface area contributed by atoms with Crippen molar-refractivity contribution in [1.82, 2.24) is 4.98 Å². The average Bonchev–Trinajstić information content (AvgIpc) is 2.97. The van der Waals surface area contributed by atoms with Gasteiger partial charge in [-0.25, -0.2) is 4.98 Å². The Kier molecular flexibility index (Phi) is 3.15. The van der Waals surface area contributed by atoms with Gasteiger partial charge in [0.05, 0.1) is 0 Å². The largest absolute Gasteiger partial charge is 0.370 e. The lowest BCUT2D eigenvalue weighted by atomic mass is 10.0. The summed E-state index contributed by atoms with van der Waals surface area (Å²) in [5, 5.41) is 3.40. The van der Waals surface area contributed by atoms with Gasteiger partial charge in [0.1, 0.15) is 5.82 Å². The second kappa shape index (κ2) is 4.40. The average molecular weight is 225 g/mol. The highest BCUT2D eigenvalue weighted by Gasteiger charge is 2.41. The highest BCUT2D eigenvalue weighted by molar-refractivity contribution is 6.17. The summed E-state index contributed by atoms with van der Waals surface area (Å²) in [6.07, 6.45) is 3.73. The number of anilines is 1. The van der Waals surface area contributed by atoms with E-state index in [1.54, 1.807) is 0 Å². The van der Waals surface area contributed by atoms with Gasteiger partial charge in [0.2, 0.25) is 0 Å². The number of halogens is 1. The van der Waals surface area contributed by atoms with Gasteiger partial charge < -0.3 is 5.32 Å². The Bertz CT molecular complexity index is 334. The molecular formula is C12H17ClN2. The normalized spacial score (nSPS) is 17.5. The summed E-state index contributed by atoms with van der Waals surface area (Å²) >= 11 is 5.79. The Labute approximate surface area is 96.1 Å². The van der Waals surface area contributed by atoms with Crippen LogP contribution in [0.5, 0.6) is 0 Å². The first kappa shape index (κ1) is 10.7. The van der Waals surface area contributed by atoms with Gasteiger partial charge >= 0.3 is 0 Å². The van der Waals surface area contributed by atoms with Crippen molar-refractivity contribution in [3.63, 3.8) is 0 Å². The van der Waals surface area contributed by atoms with Crippen molar-refractivity contribution in [3.05, 3.63) is 23.9 Å². The molecule has 1 N–H and O–H groups in total. The van der Waals surface area contributed by atoms with Crippen LogP contribution in [0.2, 0.25) is 0 Å². The minimum absolute atomic E-state index is 0.465. The van der Waals surface area contributed by atoms with Crippen LogP contribution in [0.3, 0.4) is 0 Å². The van der Waals surface area contributed by atoms with Crippen LogP contribution >= 0.6 is 11.6 Å². The van der Waals surface area contributed by atoms with E-state index in [4.69, 9.17) is 11.6 Å². The standard InChI is InChI=1S/C12H17ClN2/c1-10-3-2-4-11(15-10)14-9-12(5-6-12)7-8-13/h2-4H,5-9H2,1H3,(H,14,15). The van der Waals surface area contributed by atoms with Gasteiger partial charge in [-0.15, -0.1) is 11.6 Å².